The zero-order valence-electron chi connectivity index (χ0n) is 16.1. The molecule has 0 N–H and O–H groups in total. The highest BCUT2D eigenvalue weighted by molar-refractivity contribution is 7.25. The average Bonchev–Trinajstić information content (AvgIpc) is 3.16. The zero-order valence-corrected chi connectivity index (χ0v) is 16.9. The van der Waals surface area contributed by atoms with Crippen LogP contribution in [0.3, 0.4) is 0 Å². The molecule has 0 radical (unpaired) electrons. The molecule has 0 aliphatic rings. The van der Waals surface area contributed by atoms with Crippen LogP contribution in [0.15, 0.2) is 84.9 Å². The van der Waals surface area contributed by atoms with Crippen LogP contribution >= 0.6 is 11.3 Å². The maximum atomic E-state index is 13.2. The number of carbonyl (C=O) groups excluding carboxylic acids is 2. The van der Waals surface area contributed by atoms with Crippen molar-refractivity contribution in [2.75, 3.05) is 0 Å². The summed E-state index contributed by atoms with van der Waals surface area (Å²) in [5, 5.41) is 1.75. The summed E-state index contributed by atoms with van der Waals surface area (Å²) in [6.07, 6.45) is 0. The predicted molar refractivity (Wildman–Crippen MR) is 119 cm³/mol. The van der Waals surface area contributed by atoms with Crippen molar-refractivity contribution in [1.82, 2.24) is 0 Å². The van der Waals surface area contributed by atoms with Crippen LogP contribution in [-0.2, 0) is 0 Å². The number of hydrogen-bond acceptors (Lipinski definition) is 3. The van der Waals surface area contributed by atoms with Crippen LogP contribution < -0.4 is 0 Å². The van der Waals surface area contributed by atoms with Gasteiger partial charge in [-0.1, -0.05) is 0 Å². The molecule has 2 nitrogen and oxygen atoms in total. The van der Waals surface area contributed by atoms with Crippen molar-refractivity contribution in [3.05, 3.63) is 119 Å². The average molecular weight is 428 g/mol. The Morgan fingerprint density at radius 1 is 0.516 bits per heavy atom. The molecule has 5 heteroatoms. The standard InChI is InChI=1S/C26H14F2O2S/c27-19-7-1-15(2-8-19)25(29)17-5-11-23-21(13-17)22-14-18(6-12-24(22)31-23)26(30)16-3-9-20(28)10-4-16/h1-14H. The van der Waals surface area contributed by atoms with E-state index in [4.69, 9.17) is 0 Å². The summed E-state index contributed by atoms with van der Waals surface area (Å²) >= 11 is 1.58. The van der Waals surface area contributed by atoms with E-state index in [1.165, 1.54) is 48.5 Å². The normalized spacial score (nSPS) is 11.2. The SMILES string of the molecule is O=C(c1ccc(F)cc1)c1ccc2sc3ccc(C(=O)c4ccc(F)cc4)cc3c2c1. The molecule has 0 amide bonds. The van der Waals surface area contributed by atoms with Gasteiger partial charge in [-0.05, 0) is 84.9 Å². The number of fused-ring (bicyclic) bond motifs is 3. The van der Waals surface area contributed by atoms with Crippen LogP contribution in [0.4, 0.5) is 8.78 Å². The third-order valence-electron chi connectivity index (χ3n) is 5.21. The van der Waals surface area contributed by atoms with E-state index in [1.54, 1.807) is 23.5 Å². The maximum Gasteiger partial charge on any atom is 0.193 e. The quantitative estimate of drug-likeness (QED) is 0.295. The van der Waals surface area contributed by atoms with E-state index < -0.39 is 11.6 Å². The summed E-state index contributed by atoms with van der Waals surface area (Å²) < 4.78 is 28.4. The molecule has 0 fully saturated rings. The van der Waals surface area contributed by atoms with E-state index in [0.29, 0.717) is 22.3 Å². The monoisotopic (exact) mass is 428 g/mol. The first kappa shape index (κ1) is 19.3. The molecule has 5 aromatic rings. The van der Waals surface area contributed by atoms with Crippen molar-refractivity contribution < 1.29 is 18.4 Å². The molecular formula is C26H14F2O2S. The van der Waals surface area contributed by atoms with Crippen LogP contribution in [0.2, 0.25) is 0 Å². The van der Waals surface area contributed by atoms with E-state index in [0.717, 1.165) is 20.2 Å². The fourth-order valence-corrected chi connectivity index (χ4v) is 4.66. The molecule has 0 saturated carbocycles. The Labute approximate surface area is 180 Å². The number of rotatable bonds is 4. The maximum absolute atomic E-state index is 13.2. The molecule has 0 aliphatic heterocycles. The molecule has 4 aromatic carbocycles. The highest BCUT2D eigenvalue weighted by Crippen LogP contribution is 2.35. The molecule has 0 aliphatic carbocycles. The largest absolute Gasteiger partial charge is 0.289 e. The number of thiophene rings is 1. The molecule has 0 saturated heterocycles. The highest BCUT2D eigenvalue weighted by atomic mass is 32.1. The van der Waals surface area contributed by atoms with Crippen molar-refractivity contribution in [2.24, 2.45) is 0 Å². The number of benzene rings is 4. The third-order valence-corrected chi connectivity index (χ3v) is 6.36. The van der Waals surface area contributed by atoms with E-state index in [1.807, 2.05) is 24.3 Å². The molecule has 0 spiro atoms. The molecule has 0 unspecified atom stereocenters. The lowest BCUT2D eigenvalue weighted by Crippen LogP contribution is -2.01. The van der Waals surface area contributed by atoms with E-state index in [9.17, 15) is 18.4 Å². The molecule has 31 heavy (non-hydrogen) atoms. The number of hydrogen-bond donors (Lipinski definition) is 0. The van der Waals surface area contributed by atoms with Gasteiger partial charge in [0, 0.05) is 42.4 Å². The minimum absolute atomic E-state index is 0.195. The molecule has 1 aromatic heterocycles. The minimum atomic E-state index is -0.394. The van der Waals surface area contributed by atoms with Crippen LogP contribution in [0, 0.1) is 11.6 Å². The van der Waals surface area contributed by atoms with Gasteiger partial charge in [0.1, 0.15) is 11.6 Å². The first-order valence-electron chi connectivity index (χ1n) is 9.56. The van der Waals surface area contributed by atoms with Crippen LogP contribution in [-0.4, -0.2) is 11.6 Å². The molecule has 150 valence electrons. The third kappa shape index (κ3) is 3.53. The van der Waals surface area contributed by atoms with Crippen LogP contribution in [0.25, 0.3) is 20.2 Å². The molecule has 1 heterocycles. The number of ketones is 2. The van der Waals surface area contributed by atoms with Crippen LogP contribution in [0.1, 0.15) is 31.8 Å². The summed E-state index contributed by atoms with van der Waals surface area (Å²) in [6, 6.07) is 21.8. The number of halogens is 2. The zero-order chi connectivity index (χ0) is 21.5. The van der Waals surface area contributed by atoms with Gasteiger partial charge in [0.15, 0.2) is 11.6 Å². The first-order valence-corrected chi connectivity index (χ1v) is 10.4. The van der Waals surface area contributed by atoms with E-state index in [2.05, 4.69) is 0 Å². The summed E-state index contributed by atoms with van der Waals surface area (Å²) in [5.41, 5.74) is 1.81. The molecular weight excluding hydrogens is 414 g/mol. The van der Waals surface area contributed by atoms with Gasteiger partial charge in [-0.3, -0.25) is 9.59 Å². The summed E-state index contributed by atoms with van der Waals surface area (Å²) in [6.45, 7) is 0. The second kappa shape index (κ2) is 7.52. The fraction of sp³-hybridized carbons (Fsp3) is 0. The Morgan fingerprint density at radius 2 is 0.871 bits per heavy atom. The predicted octanol–water partition coefficient (Wildman–Crippen LogP) is 6.79. The van der Waals surface area contributed by atoms with Gasteiger partial charge < -0.3 is 0 Å². The van der Waals surface area contributed by atoms with Crippen molar-refractivity contribution in [2.45, 2.75) is 0 Å². The Morgan fingerprint density at radius 3 is 1.26 bits per heavy atom. The van der Waals surface area contributed by atoms with Gasteiger partial charge in [0.2, 0.25) is 0 Å². The van der Waals surface area contributed by atoms with E-state index in [-0.39, 0.29) is 11.6 Å². The topological polar surface area (TPSA) is 34.1 Å². The smallest absolute Gasteiger partial charge is 0.193 e. The Bertz CT molecular complexity index is 1350. The summed E-state index contributed by atoms with van der Waals surface area (Å²) in [4.78, 5) is 25.7. The molecule has 0 atom stereocenters. The van der Waals surface area contributed by atoms with Crippen molar-refractivity contribution in [3.63, 3.8) is 0 Å². The van der Waals surface area contributed by atoms with Crippen molar-refractivity contribution in [3.8, 4) is 0 Å². The van der Waals surface area contributed by atoms with Crippen molar-refractivity contribution in [1.29, 1.82) is 0 Å². The second-order valence-corrected chi connectivity index (χ2v) is 8.28. The lowest BCUT2D eigenvalue weighted by molar-refractivity contribution is 0.103. The van der Waals surface area contributed by atoms with Crippen molar-refractivity contribution >= 4 is 43.1 Å². The summed E-state index contributed by atoms with van der Waals surface area (Å²) in [7, 11) is 0. The van der Waals surface area contributed by atoms with Gasteiger partial charge in [0.05, 0.1) is 0 Å². The molecule has 5 rings (SSSR count). The van der Waals surface area contributed by atoms with Gasteiger partial charge in [-0.15, -0.1) is 11.3 Å². The van der Waals surface area contributed by atoms with Gasteiger partial charge >= 0.3 is 0 Å². The number of carbonyl (C=O) groups is 2. The second-order valence-electron chi connectivity index (χ2n) is 7.20. The van der Waals surface area contributed by atoms with E-state index >= 15 is 0 Å². The minimum Gasteiger partial charge on any atom is -0.289 e. The Kier molecular flexibility index (Phi) is 4.68. The van der Waals surface area contributed by atoms with Gasteiger partial charge in [-0.25, -0.2) is 8.78 Å². The highest BCUT2D eigenvalue weighted by Gasteiger charge is 2.15. The Balaban J connectivity index is 1.58. The van der Waals surface area contributed by atoms with Gasteiger partial charge in [-0.2, -0.15) is 0 Å². The fourth-order valence-electron chi connectivity index (χ4n) is 3.60. The van der Waals surface area contributed by atoms with Gasteiger partial charge in [0.25, 0.3) is 0 Å². The lowest BCUT2D eigenvalue weighted by Gasteiger charge is -2.03. The lowest BCUT2D eigenvalue weighted by atomic mass is 9.99. The first-order chi connectivity index (χ1) is 15.0. The van der Waals surface area contributed by atoms with Crippen LogP contribution in [0.5, 0.6) is 0 Å². The summed E-state index contributed by atoms with van der Waals surface area (Å²) in [5.74, 6) is -1.18. The molecule has 0 bridgehead atoms. The Hall–Kier alpha value is -3.70.